The summed E-state index contributed by atoms with van der Waals surface area (Å²) in [7, 11) is 4.08. The van der Waals surface area contributed by atoms with Crippen molar-refractivity contribution in [2.45, 2.75) is 13.0 Å². The number of hydrogen-bond acceptors (Lipinski definition) is 4. The second-order valence-electron chi connectivity index (χ2n) is 7.57. The average Bonchev–Trinajstić information content (AvgIpc) is 2.69. The van der Waals surface area contributed by atoms with E-state index < -0.39 is 0 Å². The molecule has 2 aliphatic heterocycles. The van der Waals surface area contributed by atoms with Crippen LogP contribution in [0.25, 0.3) is 0 Å². The molecule has 2 saturated heterocycles. The van der Waals surface area contributed by atoms with Gasteiger partial charge in [-0.25, -0.2) is 0 Å². The van der Waals surface area contributed by atoms with Crippen molar-refractivity contribution in [3.8, 4) is 0 Å². The lowest BCUT2D eigenvalue weighted by Gasteiger charge is -2.39. The fourth-order valence-electron chi connectivity index (χ4n) is 3.81. The number of benzene rings is 1. The Labute approximate surface area is 191 Å². The van der Waals surface area contributed by atoms with Gasteiger partial charge in [0.05, 0.1) is 0 Å². The summed E-state index contributed by atoms with van der Waals surface area (Å²) in [6.45, 7) is 11.8. The first kappa shape index (κ1) is 23.5. The van der Waals surface area contributed by atoms with Gasteiger partial charge in [-0.2, -0.15) is 0 Å². The van der Waals surface area contributed by atoms with Crippen LogP contribution < -0.4 is 10.2 Å². The molecule has 0 aromatic heterocycles. The van der Waals surface area contributed by atoms with Gasteiger partial charge in [-0.15, -0.1) is 24.0 Å². The zero-order valence-corrected chi connectivity index (χ0v) is 20.4. The van der Waals surface area contributed by atoms with Gasteiger partial charge >= 0.3 is 0 Å². The van der Waals surface area contributed by atoms with Crippen LogP contribution in [-0.4, -0.2) is 99.7 Å². The van der Waals surface area contributed by atoms with E-state index in [1.807, 2.05) is 25.2 Å². The molecule has 1 N–H and O–H groups in total. The van der Waals surface area contributed by atoms with Gasteiger partial charge in [0.15, 0.2) is 5.96 Å². The summed E-state index contributed by atoms with van der Waals surface area (Å²) < 4.78 is 0. The maximum Gasteiger partial charge on any atom is 0.193 e. The van der Waals surface area contributed by atoms with E-state index >= 15 is 0 Å². The highest BCUT2D eigenvalue weighted by atomic mass is 127. The second kappa shape index (κ2) is 11.4. The molecule has 6 nitrogen and oxygen atoms in total. The van der Waals surface area contributed by atoms with Crippen molar-refractivity contribution in [2.24, 2.45) is 4.99 Å². The molecule has 1 atom stereocenters. The summed E-state index contributed by atoms with van der Waals surface area (Å²) >= 11 is 6.14. The van der Waals surface area contributed by atoms with Crippen LogP contribution in [0.15, 0.2) is 29.3 Å². The van der Waals surface area contributed by atoms with Gasteiger partial charge in [0.2, 0.25) is 0 Å². The topological polar surface area (TPSA) is 37.4 Å². The SMILES string of the molecule is CN=C(NCC(C)N1CCN(C)CC1)N1CCN(c2cccc(Cl)c2)CC1.I. The Hall–Kier alpha value is -0.770. The van der Waals surface area contributed by atoms with E-state index in [9.17, 15) is 0 Å². The van der Waals surface area contributed by atoms with Gasteiger partial charge in [0, 0.05) is 82.7 Å². The van der Waals surface area contributed by atoms with E-state index in [0.29, 0.717) is 6.04 Å². The van der Waals surface area contributed by atoms with Crippen molar-refractivity contribution in [3.05, 3.63) is 29.3 Å². The Morgan fingerprint density at radius 2 is 1.79 bits per heavy atom. The lowest BCUT2D eigenvalue weighted by molar-refractivity contribution is 0.119. The highest BCUT2D eigenvalue weighted by Gasteiger charge is 2.22. The van der Waals surface area contributed by atoms with Crippen LogP contribution in [0, 0.1) is 0 Å². The molecule has 1 aromatic rings. The van der Waals surface area contributed by atoms with Gasteiger partial charge in [0.1, 0.15) is 0 Å². The number of anilines is 1. The van der Waals surface area contributed by atoms with E-state index in [1.165, 1.54) is 5.69 Å². The van der Waals surface area contributed by atoms with Gasteiger partial charge in [-0.1, -0.05) is 17.7 Å². The van der Waals surface area contributed by atoms with Crippen molar-refractivity contribution in [1.82, 2.24) is 20.0 Å². The van der Waals surface area contributed by atoms with Crippen LogP contribution in [0.1, 0.15) is 6.92 Å². The van der Waals surface area contributed by atoms with Crippen LogP contribution in [0.5, 0.6) is 0 Å². The summed E-state index contributed by atoms with van der Waals surface area (Å²) in [5, 5.41) is 4.39. The summed E-state index contributed by atoms with van der Waals surface area (Å²) in [4.78, 5) is 14.2. The molecule has 0 radical (unpaired) electrons. The van der Waals surface area contributed by atoms with Gasteiger partial charge < -0.3 is 20.0 Å². The molecule has 158 valence electrons. The fourth-order valence-corrected chi connectivity index (χ4v) is 4.00. The van der Waals surface area contributed by atoms with Crippen LogP contribution in [0.4, 0.5) is 5.69 Å². The molecular weight excluding hydrogens is 487 g/mol. The smallest absolute Gasteiger partial charge is 0.193 e. The number of nitrogens with one attached hydrogen (secondary N) is 1. The molecule has 0 bridgehead atoms. The van der Waals surface area contributed by atoms with Crippen LogP contribution in [0.2, 0.25) is 5.02 Å². The van der Waals surface area contributed by atoms with Crippen molar-refractivity contribution < 1.29 is 0 Å². The molecule has 8 heteroatoms. The summed E-state index contributed by atoms with van der Waals surface area (Å²) in [6, 6.07) is 8.64. The number of hydrogen-bond donors (Lipinski definition) is 1. The van der Waals surface area contributed by atoms with Crippen molar-refractivity contribution in [2.75, 3.05) is 77.9 Å². The standard InChI is InChI=1S/C20H33ClN6.HI/c1-17(25-9-7-24(3)8-10-25)16-23-20(22-2)27-13-11-26(12-14-27)19-6-4-5-18(21)15-19;/h4-6,15,17H,7-14,16H2,1-3H3,(H,22,23);1H. The molecule has 0 saturated carbocycles. The number of aliphatic imine (C=N–C) groups is 1. The minimum atomic E-state index is 0. The number of piperazine rings is 2. The van der Waals surface area contributed by atoms with Gasteiger partial charge in [0.25, 0.3) is 0 Å². The molecule has 1 unspecified atom stereocenters. The number of nitrogens with zero attached hydrogens (tertiary/aromatic N) is 5. The maximum absolute atomic E-state index is 6.14. The first-order chi connectivity index (χ1) is 13.1. The molecule has 0 aliphatic carbocycles. The normalized spacial score (nSPS) is 20.6. The van der Waals surface area contributed by atoms with Crippen molar-refractivity contribution in [1.29, 1.82) is 0 Å². The Bertz CT molecular complexity index is 627. The monoisotopic (exact) mass is 520 g/mol. The maximum atomic E-state index is 6.14. The van der Waals surface area contributed by atoms with E-state index in [1.54, 1.807) is 0 Å². The highest BCUT2D eigenvalue weighted by molar-refractivity contribution is 14.0. The minimum Gasteiger partial charge on any atom is -0.368 e. The molecule has 3 rings (SSSR count). The molecule has 28 heavy (non-hydrogen) atoms. The van der Waals surface area contributed by atoms with Crippen LogP contribution in [-0.2, 0) is 0 Å². The van der Waals surface area contributed by atoms with Crippen molar-refractivity contribution >= 4 is 47.2 Å². The molecule has 2 fully saturated rings. The Kier molecular flexibility index (Phi) is 9.59. The molecule has 0 amide bonds. The summed E-state index contributed by atoms with van der Waals surface area (Å²) in [5.41, 5.74) is 1.20. The predicted octanol–water partition coefficient (Wildman–Crippen LogP) is 2.29. The average molecular weight is 521 g/mol. The number of likely N-dealkylation sites (N-methyl/N-ethyl adjacent to an activating group) is 1. The Morgan fingerprint density at radius 1 is 1.11 bits per heavy atom. The Morgan fingerprint density at radius 3 is 2.39 bits per heavy atom. The zero-order valence-electron chi connectivity index (χ0n) is 17.3. The van der Waals surface area contributed by atoms with E-state index in [4.69, 9.17) is 11.6 Å². The number of guanidine groups is 1. The summed E-state index contributed by atoms with van der Waals surface area (Å²) in [6.07, 6.45) is 0. The third-order valence-corrected chi connectivity index (χ3v) is 5.92. The highest BCUT2D eigenvalue weighted by Crippen LogP contribution is 2.20. The number of rotatable bonds is 4. The molecular formula is C20H34ClIN6. The molecule has 0 spiro atoms. The van der Waals surface area contributed by atoms with E-state index in [2.05, 4.69) is 49.9 Å². The quantitative estimate of drug-likeness (QED) is 0.375. The lowest BCUT2D eigenvalue weighted by Crippen LogP contribution is -2.55. The third kappa shape index (κ3) is 6.37. The van der Waals surface area contributed by atoms with E-state index in [-0.39, 0.29) is 24.0 Å². The first-order valence-corrected chi connectivity index (χ1v) is 10.3. The fraction of sp³-hybridized carbons (Fsp3) is 0.650. The summed E-state index contributed by atoms with van der Waals surface area (Å²) in [5.74, 6) is 1.02. The second-order valence-corrected chi connectivity index (χ2v) is 8.01. The van der Waals surface area contributed by atoms with Crippen LogP contribution in [0.3, 0.4) is 0 Å². The van der Waals surface area contributed by atoms with Crippen LogP contribution >= 0.6 is 35.6 Å². The lowest BCUT2D eigenvalue weighted by atomic mass is 10.2. The molecule has 2 heterocycles. The van der Waals surface area contributed by atoms with Gasteiger partial charge in [-0.3, -0.25) is 9.89 Å². The largest absolute Gasteiger partial charge is 0.368 e. The van der Waals surface area contributed by atoms with E-state index in [0.717, 1.165) is 69.9 Å². The number of halogens is 2. The molecule has 2 aliphatic rings. The predicted molar refractivity (Wildman–Crippen MR) is 131 cm³/mol. The zero-order chi connectivity index (χ0) is 19.2. The minimum absolute atomic E-state index is 0. The first-order valence-electron chi connectivity index (χ1n) is 9.95. The Balaban J connectivity index is 0.00000280. The van der Waals surface area contributed by atoms with Gasteiger partial charge in [-0.05, 0) is 32.2 Å². The van der Waals surface area contributed by atoms with Crippen molar-refractivity contribution in [3.63, 3.8) is 0 Å². The molecule has 1 aromatic carbocycles. The third-order valence-electron chi connectivity index (χ3n) is 5.68.